The zero-order chi connectivity index (χ0) is 18.4. The Morgan fingerprint density at radius 3 is 2.58 bits per heavy atom. The molecule has 4 unspecified atom stereocenters. The molecule has 0 amide bonds. The van der Waals surface area contributed by atoms with Gasteiger partial charge >= 0.3 is 0 Å². The minimum absolute atomic E-state index is 0.326. The van der Waals surface area contributed by atoms with Gasteiger partial charge < -0.3 is 9.47 Å². The molecule has 0 spiro atoms. The Morgan fingerprint density at radius 1 is 1.12 bits per heavy atom. The monoisotopic (exact) mass is 347 g/mol. The first-order chi connectivity index (χ1) is 12.6. The minimum atomic E-state index is -1.90. The van der Waals surface area contributed by atoms with E-state index in [0.717, 1.165) is 19.3 Å². The van der Waals surface area contributed by atoms with Gasteiger partial charge in [-0.3, -0.25) is 10.4 Å². The second kappa shape index (κ2) is 5.53. The van der Waals surface area contributed by atoms with Crippen LogP contribution in [0.3, 0.4) is 0 Å². The molecule has 0 aromatic carbocycles. The summed E-state index contributed by atoms with van der Waals surface area (Å²) in [6, 6.07) is 11.4. The Hall–Kier alpha value is -2.95. The second-order valence-corrected chi connectivity index (χ2v) is 7.10. The molecule has 4 rings (SSSR count). The van der Waals surface area contributed by atoms with Crippen LogP contribution in [0.25, 0.3) is 0 Å². The summed E-state index contributed by atoms with van der Waals surface area (Å²) in [6.07, 6.45) is 4.25. The number of nitrogens with one attached hydrogen (secondary N) is 1. The van der Waals surface area contributed by atoms with Gasteiger partial charge in [-0.25, -0.2) is 0 Å². The van der Waals surface area contributed by atoms with E-state index in [9.17, 15) is 15.8 Å². The van der Waals surface area contributed by atoms with Crippen molar-refractivity contribution in [1.82, 2.24) is 4.98 Å². The SMILES string of the molecule is N#CC1(C#N)C(c2ccccn2)OC23CCCCCC2C1(C#N)C(=N)O3. The number of nitriles is 3. The van der Waals surface area contributed by atoms with E-state index in [1.165, 1.54) is 0 Å². The lowest BCUT2D eigenvalue weighted by Gasteiger charge is -2.49. The molecule has 26 heavy (non-hydrogen) atoms. The molecule has 4 atom stereocenters. The number of hydrogen-bond acceptors (Lipinski definition) is 7. The molecule has 2 aliphatic heterocycles. The number of rotatable bonds is 1. The van der Waals surface area contributed by atoms with Crippen LogP contribution in [0.15, 0.2) is 24.4 Å². The molecule has 7 nitrogen and oxygen atoms in total. The summed E-state index contributed by atoms with van der Waals surface area (Å²) in [7, 11) is 0. The van der Waals surface area contributed by atoms with E-state index in [1.54, 1.807) is 24.4 Å². The van der Waals surface area contributed by atoms with Gasteiger partial charge in [0.15, 0.2) is 5.41 Å². The quantitative estimate of drug-likeness (QED) is 0.832. The highest BCUT2D eigenvalue weighted by Gasteiger charge is 2.80. The Labute approximate surface area is 151 Å². The number of nitrogens with zero attached hydrogens (tertiary/aromatic N) is 4. The fourth-order valence-electron chi connectivity index (χ4n) is 4.83. The van der Waals surface area contributed by atoms with E-state index in [2.05, 4.69) is 11.1 Å². The molecule has 2 saturated heterocycles. The Balaban J connectivity index is 2.01. The summed E-state index contributed by atoms with van der Waals surface area (Å²) in [5.74, 6) is -1.99. The van der Waals surface area contributed by atoms with Gasteiger partial charge in [-0.15, -0.1) is 0 Å². The van der Waals surface area contributed by atoms with E-state index >= 15 is 0 Å². The van der Waals surface area contributed by atoms with Crippen LogP contribution in [-0.4, -0.2) is 16.7 Å². The van der Waals surface area contributed by atoms with Crippen molar-refractivity contribution < 1.29 is 9.47 Å². The van der Waals surface area contributed by atoms with Gasteiger partial charge in [0.25, 0.3) is 0 Å². The van der Waals surface area contributed by atoms with Crippen molar-refractivity contribution in [2.75, 3.05) is 0 Å². The molecule has 1 saturated carbocycles. The number of ether oxygens (including phenoxy) is 2. The zero-order valence-corrected chi connectivity index (χ0v) is 14.1. The van der Waals surface area contributed by atoms with Gasteiger partial charge in [0.2, 0.25) is 17.1 Å². The maximum Gasteiger partial charge on any atom is 0.217 e. The highest BCUT2D eigenvalue weighted by Crippen LogP contribution is 2.68. The zero-order valence-electron chi connectivity index (χ0n) is 14.1. The van der Waals surface area contributed by atoms with E-state index in [0.29, 0.717) is 18.5 Å². The molecule has 3 aliphatic rings. The first-order valence-electron chi connectivity index (χ1n) is 8.71. The molecule has 0 radical (unpaired) electrons. The molecule has 1 aromatic rings. The average Bonchev–Trinajstić information content (AvgIpc) is 2.81. The van der Waals surface area contributed by atoms with Crippen molar-refractivity contribution in [1.29, 1.82) is 21.2 Å². The fourth-order valence-corrected chi connectivity index (χ4v) is 4.83. The Bertz CT molecular complexity index is 866. The topological polar surface area (TPSA) is 127 Å². The summed E-state index contributed by atoms with van der Waals surface area (Å²) in [6.45, 7) is 0. The molecule has 2 bridgehead atoms. The van der Waals surface area contributed by atoms with Gasteiger partial charge in [0.1, 0.15) is 6.10 Å². The predicted octanol–water partition coefficient (Wildman–Crippen LogP) is 2.98. The van der Waals surface area contributed by atoms with Crippen molar-refractivity contribution in [3.63, 3.8) is 0 Å². The smallest absolute Gasteiger partial charge is 0.217 e. The third-order valence-electron chi connectivity index (χ3n) is 6.02. The van der Waals surface area contributed by atoms with E-state index < -0.39 is 28.6 Å². The second-order valence-electron chi connectivity index (χ2n) is 7.10. The van der Waals surface area contributed by atoms with Crippen LogP contribution in [0.5, 0.6) is 0 Å². The fraction of sp³-hybridized carbons (Fsp3) is 0.526. The highest BCUT2D eigenvalue weighted by atomic mass is 16.7. The number of aromatic nitrogens is 1. The molecule has 3 fully saturated rings. The first-order valence-corrected chi connectivity index (χ1v) is 8.71. The van der Waals surface area contributed by atoms with Gasteiger partial charge in [-0.05, 0) is 25.0 Å². The van der Waals surface area contributed by atoms with E-state index in [-0.39, 0.29) is 5.90 Å². The van der Waals surface area contributed by atoms with Crippen LogP contribution in [0.4, 0.5) is 0 Å². The summed E-state index contributed by atoms with van der Waals surface area (Å²) < 4.78 is 12.2. The van der Waals surface area contributed by atoms with Gasteiger partial charge in [-0.1, -0.05) is 18.9 Å². The Morgan fingerprint density at radius 2 is 1.92 bits per heavy atom. The standard InChI is InChI=1S/C19H17N5O2/c20-10-17(11-21)15(13-6-3-5-9-24-13)25-19-8-4-1-2-7-14(19)18(17,12-22)16(23)26-19/h3,5-6,9,14-15,23H,1-2,4,7-8H2. The molecule has 1 aliphatic carbocycles. The van der Waals surface area contributed by atoms with Crippen LogP contribution < -0.4 is 0 Å². The summed E-state index contributed by atoms with van der Waals surface area (Å²) in [5.41, 5.74) is -3.17. The maximum absolute atomic E-state index is 10.2. The van der Waals surface area contributed by atoms with Gasteiger partial charge in [-0.2, -0.15) is 15.8 Å². The first kappa shape index (κ1) is 16.5. The lowest BCUT2D eigenvalue weighted by atomic mass is 9.53. The lowest BCUT2D eigenvalue weighted by Crippen LogP contribution is -2.59. The molecule has 1 N–H and O–H groups in total. The van der Waals surface area contributed by atoms with E-state index in [1.807, 2.05) is 12.1 Å². The molecule has 7 heteroatoms. The van der Waals surface area contributed by atoms with E-state index in [4.69, 9.17) is 14.9 Å². The van der Waals surface area contributed by atoms with Gasteiger partial charge in [0.05, 0.1) is 29.8 Å². The van der Waals surface area contributed by atoms with Crippen molar-refractivity contribution in [2.24, 2.45) is 16.7 Å². The van der Waals surface area contributed by atoms with Crippen molar-refractivity contribution >= 4 is 5.90 Å². The number of hydrogen-bond donors (Lipinski definition) is 1. The molecular weight excluding hydrogens is 330 g/mol. The molecule has 1 aromatic heterocycles. The highest BCUT2D eigenvalue weighted by molar-refractivity contribution is 5.89. The third-order valence-corrected chi connectivity index (χ3v) is 6.02. The van der Waals surface area contributed by atoms with Gasteiger partial charge in [0, 0.05) is 12.6 Å². The van der Waals surface area contributed by atoms with Crippen molar-refractivity contribution in [3.05, 3.63) is 30.1 Å². The molecular formula is C19H17N5O2. The van der Waals surface area contributed by atoms with Crippen LogP contribution in [0.2, 0.25) is 0 Å². The average molecular weight is 347 g/mol. The van der Waals surface area contributed by atoms with Crippen LogP contribution in [0.1, 0.15) is 43.9 Å². The summed E-state index contributed by atoms with van der Waals surface area (Å²) >= 11 is 0. The maximum atomic E-state index is 10.2. The van der Waals surface area contributed by atoms with Crippen molar-refractivity contribution in [3.8, 4) is 18.2 Å². The number of pyridine rings is 1. The molecule has 130 valence electrons. The third kappa shape index (κ3) is 1.72. The molecule has 3 heterocycles. The minimum Gasteiger partial charge on any atom is -0.447 e. The van der Waals surface area contributed by atoms with Crippen LogP contribution in [-0.2, 0) is 9.47 Å². The van der Waals surface area contributed by atoms with Crippen LogP contribution >= 0.6 is 0 Å². The Kier molecular flexibility index (Phi) is 3.51. The normalized spacial score (nSPS) is 37.2. The predicted molar refractivity (Wildman–Crippen MR) is 87.9 cm³/mol. The van der Waals surface area contributed by atoms with Crippen LogP contribution in [0, 0.1) is 56.2 Å². The van der Waals surface area contributed by atoms with Crippen molar-refractivity contribution in [2.45, 2.75) is 44.0 Å². The lowest BCUT2D eigenvalue weighted by molar-refractivity contribution is -0.285. The largest absolute Gasteiger partial charge is 0.447 e. The summed E-state index contributed by atoms with van der Waals surface area (Å²) in [5, 5.41) is 38.8. The summed E-state index contributed by atoms with van der Waals surface area (Å²) in [4.78, 5) is 4.28.